The van der Waals surface area contributed by atoms with E-state index in [4.69, 9.17) is 0 Å². The molecule has 0 aromatic carbocycles. The molecule has 0 aliphatic carbocycles. The first-order chi connectivity index (χ1) is 6.15. The summed E-state index contributed by atoms with van der Waals surface area (Å²) in [5.74, 6) is 1.02. The second-order valence-electron chi connectivity index (χ2n) is 2.62. The van der Waals surface area contributed by atoms with Gasteiger partial charge in [-0.25, -0.2) is 0 Å². The van der Waals surface area contributed by atoms with E-state index in [1.54, 1.807) is 24.6 Å². The van der Waals surface area contributed by atoms with Gasteiger partial charge in [-0.05, 0) is 19.9 Å². The van der Waals surface area contributed by atoms with Crippen LogP contribution in [0.1, 0.15) is 12.7 Å². The predicted octanol–water partition coefficient (Wildman–Crippen LogP) is 0.638. The third-order valence-electron chi connectivity index (χ3n) is 1.65. The first-order valence-corrected chi connectivity index (χ1v) is 3.95. The second kappa shape index (κ2) is 3.84. The molecule has 0 fully saturated rings. The highest BCUT2D eigenvalue weighted by molar-refractivity contribution is 5.98. The van der Waals surface area contributed by atoms with Crippen LogP contribution in [0.25, 0.3) is 0 Å². The van der Waals surface area contributed by atoms with Crippen LogP contribution < -0.4 is 5.32 Å². The fraction of sp³-hybridized carbons (Fsp3) is 0.375. The zero-order valence-corrected chi connectivity index (χ0v) is 7.90. The van der Waals surface area contributed by atoms with Crippen molar-refractivity contribution in [1.29, 1.82) is 0 Å². The summed E-state index contributed by atoms with van der Waals surface area (Å²) in [5, 5.41) is 10.2. The van der Waals surface area contributed by atoms with Gasteiger partial charge in [-0.15, -0.1) is 10.2 Å². The minimum absolute atomic E-state index is 0.196. The largest absolute Gasteiger partial charge is 0.300 e. The van der Waals surface area contributed by atoms with E-state index in [0.29, 0.717) is 5.95 Å². The Morgan fingerprint density at radius 3 is 2.69 bits per heavy atom. The number of carbonyl (C=O) groups excluding carboxylic acids is 1. The number of aromatic nitrogens is 3. The van der Waals surface area contributed by atoms with Crippen LogP contribution >= 0.6 is 0 Å². The van der Waals surface area contributed by atoms with Crippen LogP contribution in [0.4, 0.5) is 5.95 Å². The number of rotatable bonds is 2. The monoisotopic (exact) mass is 180 g/mol. The second-order valence-corrected chi connectivity index (χ2v) is 2.62. The summed E-state index contributed by atoms with van der Waals surface area (Å²) in [4.78, 5) is 11.1. The van der Waals surface area contributed by atoms with Gasteiger partial charge in [-0.1, -0.05) is 6.08 Å². The molecule has 0 spiro atoms. The van der Waals surface area contributed by atoms with Crippen molar-refractivity contribution in [2.24, 2.45) is 7.05 Å². The number of nitrogens with zero attached hydrogens (tertiary/aromatic N) is 3. The molecule has 5 nitrogen and oxygen atoms in total. The Morgan fingerprint density at radius 1 is 1.54 bits per heavy atom. The Kier molecular flexibility index (Phi) is 2.79. The summed E-state index contributed by atoms with van der Waals surface area (Å²) in [5.41, 5.74) is 0. The van der Waals surface area contributed by atoms with Crippen molar-refractivity contribution in [3.05, 3.63) is 18.0 Å². The summed E-state index contributed by atoms with van der Waals surface area (Å²) >= 11 is 0. The molecular weight excluding hydrogens is 168 g/mol. The first kappa shape index (κ1) is 9.44. The molecule has 1 amide bonds. The van der Waals surface area contributed by atoms with Gasteiger partial charge in [-0.2, -0.15) is 0 Å². The topological polar surface area (TPSA) is 59.8 Å². The minimum atomic E-state index is -0.196. The molecule has 5 heteroatoms. The van der Waals surface area contributed by atoms with Gasteiger partial charge in [0.15, 0.2) is 0 Å². The van der Waals surface area contributed by atoms with Crippen molar-refractivity contribution in [1.82, 2.24) is 14.8 Å². The maximum atomic E-state index is 11.1. The summed E-state index contributed by atoms with van der Waals surface area (Å²) in [6.45, 7) is 3.60. The predicted molar refractivity (Wildman–Crippen MR) is 49.2 cm³/mol. The number of hydrogen-bond donors (Lipinski definition) is 1. The average molecular weight is 180 g/mol. The molecule has 1 heterocycles. The number of aryl methyl sites for hydroxylation is 1. The lowest BCUT2D eigenvalue weighted by molar-refractivity contribution is -0.112. The van der Waals surface area contributed by atoms with Gasteiger partial charge in [0.1, 0.15) is 5.82 Å². The third kappa shape index (κ3) is 2.14. The zero-order valence-electron chi connectivity index (χ0n) is 7.90. The molecule has 0 atom stereocenters. The molecule has 0 unspecified atom stereocenters. The molecule has 0 radical (unpaired) electrons. The van der Waals surface area contributed by atoms with Gasteiger partial charge in [0.2, 0.25) is 11.9 Å². The van der Waals surface area contributed by atoms with E-state index in [0.717, 1.165) is 5.82 Å². The van der Waals surface area contributed by atoms with Crippen molar-refractivity contribution in [3.8, 4) is 0 Å². The fourth-order valence-corrected chi connectivity index (χ4v) is 0.819. The lowest BCUT2D eigenvalue weighted by Crippen LogP contribution is -2.12. The molecule has 0 bridgehead atoms. The Balaban J connectivity index is 2.75. The number of allylic oxidation sites excluding steroid dienone is 1. The van der Waals surface area contributed by atoms with Crippen LogP contribution in [0, 0.1) is 6.92 Å². The van der Waals surface area contributed by atoms with Crippen molar-refractivity contribution >= 4 is 11.9 Å². The molecule has 0 saturated heterocycles. The Labute approximate surface area is 76.5 Å². The Hall–Kier alpha value is -1.65. The lowest BCUT2D eigenvalue weighted by atomic mass is 10.5. The van der Waals surface area contributed by atoms with Crippen LogP contribution in [0.5, 0.6) is 0 Å². The number of amides is 1. The maximum absolute atomic E-state index is 11.1. The van der Waals surface area contributed by atoms with Crippen LogP contribution in [0.2, 0.25) is 0 Å². The zero-order chi connectivity index (χ0) is 9.84. The number of carbonyl (C=O) groups is 1. The van der Waals surface area contributed by atoms with E-state index in [9.17, 15) is 4.79 Å². The molecule has 0 aliphatic rings. The minimum Gasteiger partial charge on any atom is -0.300 e. The van der Waals surface area contributed by atoms with Crippen LogP contribution in [0.15, 0.2) is 12.2 Å². The van der Waals surface area contributed by atoms with Gasteiger partial charge < -0.3 is 4.57 Å². The Bertz CT molecular complexity index is 340. The van der Waals surface area contributed by atoms with Crippen LogP contribution in [0.3, 0.4) is 0 Å². The lowest BCUT2D eigenvalue weighted by Gasteiger charge is -2.00. The molecule has 1 aromatic heterocycles. The van der Waals surface area contributed by atoms with E-state index >= 15 is 0 Å². The number of anilines is 1. The summed E-state index contributed by atoms with van der Waals surface area (Å²) in [6, 6.07) is 0. The molecule has 70 valence electrons. The van der Waals surface area contributed by atoms with Gasteiger partial charge in [0.05, 0.1) is 0 Å². The highest BCUT2D eigenvalue weighted by Crippen LogP contribution is 2.02. The molecule has 1 aromatic rings. The molecular formula is C8H12N4O. The summed E-state index contributed by atoms with van der Waals surface area (Å²) in [6.07, 6.45) is 3.10. The van der Waals surface area contributed by atoms with E-state index in [-0.39, 0.29) is 5.91 Å². The van der Waals surface area contributed by atoms with Crippen LogP contribution in [-0.4, -0.2) is 20.7 Å². The number of hydrogen-bond acceptors (Lipinski definition) is 3. The van der Waals surface area contributed by atoms with Gasteiger partial charge in [-0.3, -0.25) is 10.1 Å². The summed E-state index contributed by atoms with van der Waals surface area (Å²) < 4.78 is 1.71. The van der Waals surface area contributed by atoms with Gasteiger partial charge in [0.25, 0.3) is 0 Å². The van der Waals surface area contributed by atoms with Crippen molar-refractivity contribution < 1.29 is 4.79 Å². The highest BCUT2D eigenvalue weighted by atomic mass is 16.1. The molecule has 0 aliphatic heterocycles. The SMILES string of the molecule is C/C=C/C(=O)Nc1nnc(C)n1C. The Morgan fingerprint density at radius 2 is 2.23 bits per heavy atom. The van der Waals surface area contributed by atoms with Gasteiger partial charge >= 0.3 is 0 Å². The molecule has 0 saturated carbocycles. The van der Waals surface area contributed by atoms with E-state index < -0.39 is 0 Å². The number of nitrogens with one attached hydrogen (secondary N) is 1. The first-order valence-electron chi connectivity index (χ1n) is 3.95. The molecule has 1 N–H and O–H groups in total. The molecule has 1 rings (SSSR count). The van der Waals surface area contributed by atoms with Gasteiger partial charge in [0, 0.05) is 7.05 Å². The van der Waals surface area contributed by atoms with E-state index in [1.165, 1.54) is 6.08 Å². The van der Waals surface area contributed by atoms with Crippen molar-refractivity contribution in [2.45, 2.75) is 13.8 Å². The average Bonchev–Trinajstić information content (AvgIpc) is 2.37. The highest BCUT2D eigenvalue weighted by Gasteiger charge is 2.05. The van der Waals surface area contributed by atoms with E-state index in [2.05, 4.69) is 15.5 Å². The van der Waals surface area contributed by atoms with Crippen molar-refractivity contribution in [3.63, 3.8) is 0 Å². The maximum Gasteiger partial charge on any atom is 0.250 e. The quantitative estimate of drug-likeness (QED) is 0.679. The summed E-state index contributed by atoms with van der Waals surface area (Å²) in [7, 11) is 1.79. The smallest absolute Gasteiger partial charge is 0.250 e. The fourth-order valence-electron chi connectivity index (χ4n) is 0.819. The molecule has 13 heavy (non-hydrogen) atoms. The normalized spacial score (nSPS) is 10.7. The van der Waals surface area contributed by atoms with Crippen molar-refractivity contribution in [2.75, 3.05) is 5.32 Å². The third-order valence-corrected chi connectivity index (χ3v) is 1.65. The standard InChI is InChI=1S/C8H12N4O/c1-4-5-7(13)9-8-11-10-6(2)12(8)3/h4-5H,1-3H3,(H,9,11,13)/b5-4+. The van der Waals surface area contributed by atoms with Crippen LogP contribution in [-0.2, 0) is 11.8 Å². The van der Waals surface area contributed by atoms with E-state index in [1.807, 2.05) is 6.92 Å².